The molecule has 0 bridgehead atoms. The van der Waals surface area contributed by atoms with Crippen molar-refractivity contribution in [3.8, 4) is 0 Å². The third-order valence-electron chi connectivity index (χ3n) is 5.34. The van der Waals surface area contributed by atoms with Crippen LogP contribution in [0.5, 0.6) is 0 Å². The fourth-order valence-electron chi connectivity index (χ4n) is 4.32. The summed E-state index contributed by atoms with van der Waals surface area (Å²) in [7, 11) is 0. The second-order valence-electron chi connectivity index (χ2n) is 6.55. The van der Waals surface area contributed by atoms with Gasteiger partial charge in [0.15, 0.2) is 0 Å². The van der Waals surface area contributed by atoms with Crippen molar-refractivity contribution < 1.29 is 0 Å². The standard InChI is InChI=1S/C19H20BrN/c20-17-7-3-6-14(10-17)18-13-21-9-8-19(18)11-15-4-1-2-5-16(15)12-19/h1-7,10,18,21H,8-9,11-13H2. The van der Waals surface area contributed by atoms with E-state index in [0.717, 1.165) is 13.1 Å². The van der Waals surface area contributed by atoms with Gasteiger partial charge in [-0.15, -0.1) is 0 Å². The van der Waals surface area contributed by atoms with Gasteiger partial charge in [-0.2, -0.15) is 0 Å². The van der Waals surface area contributed by atoms with Crippen molar-refractivity contribution in [3.63, 3.8) is 0 Å². The summed E-state index contributed by atoms with van der Waals surface area (Å²) in [5.74, 6) is 0.608. The number of rotatable bonds is 1. The first-order valence-corrected chi connectivity index (χ1v) is 8.59. The van der Waals surface area contributed by atoms with E-state index >= 15 is 0 Å². The minimum atomic E-state index is 0.412. The fourth-order valence-corrected chi connectivity index (χ4v) is 4.73. The summed E-state index contributed by atoms with van der Waals surface area (Å²) >= 11 is 3.63. The quantitative estimate of drug-likeness (QED) is 0.814. The monoisotopic (exact) mass is 341 g/mol. The zero-order chi connectivity index (χ0) is 14.3. The second-order valence-corrected chi connectivity index (χ2v) is 7.46. The van der Waals surface area contributed by atoms with E-state index in [4.69, 9.17) is 0 Å². The Bertz CT molecular complexity index is 639. The molecule has 0 amide bonds. The number of piperidine rings is 1. The first kappa shape index (κ1) is 13.5. The third kappa shape index (κ3) is 2.35. The predicted octanol–water partition coefficient (Wildman–Crippen LogP) is 4.31. The molecule has 2 aromatic rings. The normalized spacial score (nSPS) is 23.2. The van der Waals surface area contributed by atoms with Crippen molar-refractivity contribution in [1.29, 1.82) is 0 Å². The number of halogens is 1. The maximum atomic E-state index is 3.63. The largest absolute Gasteiger partial charge is 0.316 e. The first-order chi connectivity index (χ1) is 10.3. The molecule has 1 heterocycles. The van der Waals surface area contributed by atoms with Crippen molar-refractivity contribution >= 4 is 15.9 Å². The minimum absolute atomic E-state index is 0.412. The molecule has 2 aliphatic rings. The van der Waals surface area contributed by atoms with Gasteiger partial charge < -0.3 is 5.32 Å². The maximum absolute atomic E-state index is 3.63. The molecule has 4 rings (SSSR count). The van der Waals surface area contributed by atoms with Crippen LogP contribution in [0.15, 0.2) is 53.0 Å². The van der Waals surface area contributed by atoms with Gasteiger partial charge in [-0.25, -0.2) is 0 Å². The molecule has 1 aliphatic heterocycles. The Morgan fingerprint density at radius 2 is 1.76 bits per heavy atom. The molecule has 1 unspecified atom stereocenters. The molecule has 1 spiro atoms. The number of hydrogen-bond acceptors (Lipinski definition) is 1. The first-order valence-electron chi connectivity index (χ1n) is 7.80. The highest BCUT2D eigenvalue weighted by molar-refractivity contribution is 9.10. The number of fused-ring (bicyclic) bond motifs is 1. The molecule has 21 heavy (non-hydrogen) atoms. The Balaban J connectivity index is 1.73. The molecule has 1 saturated heterocycles. The van der Waals surface area contributed by atoms with Gasteiger partial charge in [0.25, 0.3) is 0 Å². The molecule has 2 heteroatoms. The average molecular weight is 342 g/mol. The molecule has 2 aromatic carbocycles. The van der Waals surface area contributed by atoms with Crippen LogP contribution in [0.2, 0.25) is 0 Å². The molecule has 1 aliphatic carbocycles. The lowest BCUT2D eigenvalue weighted by Gasteiger charge is -2.42. The Kier molecular flexibility index (Phi) is 3.39. The maximum Gasteiger partial charge on any atom is 0.0178 e. The molecule has 1 nitrogen and oxygen atoms in total. The Hall–Kier alpha value is -1.12. The van der Waals surface area contributed by atoms with E-state index in [0.29, 0.717) is 11.3 Å². The molecule has 1 atom stereocenters. The van der Waals surface area contributed by atoms with Crippen molar-refractivity contribution in [2.45, 2.75) is 25.2 Å². The number of benzene rings is 2. The van der Waals surface area contributed by atoms with Crippen LogP contribution in [0, 0.1) is 5.41 Å². The summed E-state index contributed by atoms with van der Waals surface area (Å²) in [5.41, 5.74) is 5.03. The Labute approximate surface area is 134 Å². The van der Waals surface area contributed by atoms with Crippen molar-refractivity contribution in [3.05, 3.63) is 69.7 Å². The van der Waals surface area contributed by atoms with Crippen LogP contribution >= 0.6 is 15.9 Å². The lowest BCUT2D eigenvalue weighted by molar-refractivity contribution is 0.175. The van der Waals surface area contributed by atoms with E-state index in [9.17, 15) is 0 Å². The van der Waals surface area contributed by atoms with Crippen LogP contribution in [-0.2, 0) is 12.8 Å². The molecule has 108 valence electrons. The van der Waals surface area contributed by atoms with Crippen LogP contribution < -0.4 is 5.32 Å². The van der Waals surface area contributed by atoms with E-state index in [1.165, 1.54) is 29.3 Å². The van der Waals surface area contributed by atoms with Gasteiger partial charge in [-0.3, -0.25) is 0 Å². The van der Waals surface area contributed by atoms with Gasteiger partial charge in [0.2, 0.25) is 0 Å². The van der Waals surface area contributed by atoms with Gasteiger partial charge in [0.1, 0.15) is 0 Å². The lowest BCUT2D eigenvalue weighted by atomic mass is 9.66. The Morgan fingerprint density at radius 1 is 1.00 bits per heavy atom. The van der Waals surface area contributed by atoms with Crippen LogP contribution in [-0.4, -0.2) is 13.1 Å². The highest BCUT2D eigenvalue weighted by atomic mass is 79.9. The molecule has 0 saturated carbocycles. The highest BCUT2D eigenvalue weighted by Crippen LogP contribution is 2.50. The number of nitrogens with one attached hydrogen (secondary N) is 1. The van der Waals surface area contributed by atoms with E-state index in [1.54, 1.807) is 11.1 Å². The summed E-state index contributed by atoms with van der Waals surface area (Å²) < 4.78 is 1.19. The zero-order valence-corrected chi connectivity index (χ0v) is 13.7. The van der Waals surface area contributed by atoms with Gasteiger partial charge in [-0.1, -0.05) is 52.3 Å². The van der Waals surface area contributed by atoms with Gasteiger partial charge >= 0.3 is 0 Å². The van der Waals surface area contributed by atoms with E-state index in [-0.39, 0.29) is 0 Å². The molecule has 0 aromatic heterocycles. The van der Waals surface area contributed by atoms with Gasteiger partial charge in [-0.05, 0) is 60.0 Å². The minimum Gasteiger partial charge on any atom is -0.316 e. The summed E-state index contributed by atoms with van der Waals surface area (Å²) in [6.45, 7) is 2.25. The van der Waals surface area contributed by atoms with Crippen molar-refractivity contribution in [2.75, 3.05) is 13.1 Å². The molecule has 1 fully saturated rings. The van der Waals surface area contributed by atoms with Gasteiger partial charge in [0, 0.05) is 16.9 Å². The van der Waals surface area contributed by atoms with E-state index in [2.05, 4.69) is 69.8 Å². The summed E-state index contributed by atoms with van der Waals surface area (Å²) in [5, 5.41) is 3.62. The fraction of sp³-hybridized carbons (Fsp3) is 0.368. The smallest absolute Gasteiger partial charge is 0.0178 e. The second kappa shape index (κ2) is 5.26. The predicted molar refractivity (Wildman–Crippen MR) is 90.7 cm³/mol. The summed E-state index contributed by atoms with van der Waals surface area (Å²) in [4.78, 5) is 0. The molecular weight excluding hydrogens is 322 g/mol. The topological polar surface area (TPSA) is 12.0 Å². The van der Waals surface area contributed by atoms with E-state index in [1.807, 2.05) is 0 Å². The third-order valence-corrected chi connectivity index (χ3v) is 5.84. The van der Waals surface area contributed by atoms with Gasteiger partial charge in [0.05, 0.1) is 0 Å². The SMILES string of the molecule is Brc1cccc(C2CNCCC23Cc2ccccc2C3)c1. The summed E-state index contributed by atoms with van der Waals surface area (Å²) in [6, 6.07) is 17.9. The molecule has 1 N–H and O–H groups in total. The van der Waals surface area contributed by atoms with Crippen molar-refractivity contribution in [1.82, 2.24) is 5.32 Å². The molecule has 0 radical (unpaired) electrons. The van der Waals surface area contributed by atoms with Crippen LogP contribution in [0.3, 0.4) is 0 Å². The van der Waals surface area contributed by atoms with Crippen LogP contribution in [0.4, 0.5) is 0 Å². The summed E-state index contributed by atoms with van der Waals surface area (Å²) in [6.07, 6.45) is 3.75. The number of hydrogen-bond donors (Lipinski definition) is 1. The molecular formula is C19H20BrN. The Morgan fingerprint density at radius 3 is 2.48 bits per heavy atom. The lowest BCUT2D eigenvalue weighted by Crippen LogP contribution is -2.44. The van der Waals surface area contributed by atoms with Crippen molar-refractivity contribution in [2.24, 2.45) is 5.41 Å². The highest BCUT2D eigenvalue weighted by Gasteiger charge is 2.45. The van der Waals surface area contributed by atoms with Crippen LogP contribution in [0.1, 0.15) is 29.0 Å². The average Bonchev–Trinajstić information content (AvgIpc) is 2.86. The van der Waals surface area contributed by atoms with E-state index < -0.39 is 0 Å². The zero-order valence-electron chi connectivity index (χ0n) is 12.1. The van der Waals surface area contributed by atoms with Crippen LogP contribution in [0.25, 0.3) is 0 Å².